The van der Waals surface area contributed by atoms with Crippen LogP contribution in [0.2, 0.25) is 0 Å². The summed E-state index contributed by atoms with van der Waals surface area (Å²) in [7, 11) is 0. The number of hydrogen-bond donors (Lipinski definition) is 0. The highest BCUT2D eigenvalue weighted by molar-refractivity contribution is 5.97. The Hall–Kier alpha value is -2.29. The Morgan fingerprint density at radius 2 is 1.67 bits per heavy atom. The van der Waals surface area contributed by atoms with Gasteiger partial charge >= 0.3 is 0 Å². The van der Waals surface area contributed by atoms with E-state index in [-0.39, 0.29) is 12.4 Å². The Labute approximate surface area is 125 Å². The van der Waals surface area contributed by atoms with Crippen LogP contribution in [0, 0.1) is 6.92 Å². The summed E-state index contributed by atoms with van der Waals surface area (Å²) >= 11 is 0. The molecule has 0 spiro atoms. The molecule has 0 aliphatic carbocycles. The number of carbonyl (C=O) groups is 1. The summed E-state index contributed by atoms with van der Waals surface area (Å²) in [4.78, 5) is 12.0. The summed E-state index contributed by atoms with van der Waals surface area (Å²) in [6, 6.07) is 14.8. The van der Waals surface area contributed by atoms with E-state index >= 15 is 0 Å². The fraction of sp³-hybridized carbons (Fsp3) is 0.278. The molecule has 0 saturated carbocycles. The fourth-order valence-corrected chi connectivity index (χ4v) is 1.90. The van der Waals surface area contributed by atoms with Crippen LogP contribution in [0.25, 0.3) is 0 Å². The second-order valence-corrected chi connectivity index (χ2v) is 4.90. The van der Waals surface area contributed by atoms with Crippen LogP contribution in [0.3, 0.4) is 0 Å². The van der Waals surface area contributed by atoms with Crippen LogP contribution in [0.1, 0.15) is 29.3 Å². The van der Waals surface area contributed by atoms with Crippen molar-refractivity contribution in [1.29, 1.82) is 0 Å². The van der Waals surface area contributed by atoms with Crippen molar-refractivity contribution in [3.8, 4) is 11.5 Å². The van der Waals surface area contributed by atoms with Gasteiger partial charge in [-0.05, 0) is 43.7 Å². The quantitative estimate of drug-likeness (QED) is 0.720. The molecule has 3 nitrogen and oxygen atoms in total. The zero-order valence-electron chi connectivity index (χ0n) is 12.5. The van der Waals surface area contributed by atoms with Gasteiger partial charge in [0.25, 0.3) is 0 Å². The van der Waals surface area contributed by atoms with E-state index in [1.165, 1.54) is 0 Å². The van der Waals surface area contributed by atoms with Crippen LogP contribution in [0.4, 0.5) is 0 Å². The zero-order valence-corrected chi connectivity index (χ0v) is 12.5. The number of benzene rings is 2. The summed E-state index contributed by atoms with van der Waals surface area (Å²) in [6.45, 7) is 4.77. The second-order valence-electron chi connectivity index (χ2n) is 4.90. The van der Waals surface area contributed by atoms with Gasteiger partial charge in [-0.1, -0.05) is 30.7 Å². The third kappa shape index (κ3) is 4.63. The average Bonchev–Trinajstić information content (AvgIpc) is 2.51. The molecule has 0 unspecified atom stereocenters. The molecule has 0 bridgehead atoms. The predicted octanol–water partition coefficient (Wildman–Crippen LogP) is 4.05. The van der Waals surface area contributed by atoms with Crippen LogP contribution in [0.5, 0.6) is 11.5 Å². The molecule has 0 heterocycles. The first-order valence-electron chi connectivity index (χ1n) is 7.14. The zero-order chi connectivity index (χ0) is 15.1. The fourth-order valence-electron chi connectivity index (χ4n) is 1.90. The monoisotopic (exact) mass is 284 g/mol. The van der Waals surface area contributed by atoms with Gasteiger partial charge in [0.05, 0.1) is 6.61 Å². The summed E-state index contributed by atoms with van der Waals surface area (Å²) < 4.78 is 11.0. The Bertz CT molecular complexity index is 588. The van der Waals surface area contributed by atoms with Gasteiger partial charge in [0.15, 0.2) is 12.4 Å². The predicted molar refractivity (Wildman–Crippen MR) is 83.2 cm³/mol. The molecule has 0 fully saturated rings. The number of ketones is 1. The van der Waals surface area contributed by atoms with Gasteiger partial charge in [-0.3, -0.25) is 4.79 Å². The number of aryl methyl sites for hydroxylation is 1. The molecule has 0 atom stereocenters. The first kappa shape index (κ1) is 15.1. The molecule has 0 aromatic heterocycles. The van der Waals surface area contributed by atoms with Crippen molar-refractivity contribution in [1.82, 2.24) is 0 Å². The van der Waals surface area contributed by atoms with Crippen LogP contribution in [0.15, 0.2) is 48.5 Å². The Morgan fingerprint density at radius 3 is 2.29 bits per heavy atom. The van der Waals surface area contributed by atoms with Gasteiger partial charge in [0, 0.05) is 5.56 Å². The van der Waals surface area contributed by atoms with E-state index in [0.717, 1.165) is 17.7 Å². The van der Waals surface area contributed by atoms with E-state index in [1.807, 2.05) is 49.4 Å². The summed E-state index contributed by atoms with van der Waals surface area (Å²) in [5.74, 6) is 1.46. The average molecular weight is 284 g/mol. The molecule has 0 aliphatic heterocycles. The lowest BCUT2D eigenvalue weighted by atomic mass is 10.1. The molecular formula is C18H20O3. The van der Waals surface area contributed by atoms with Crippen molar-refractivity contribution < 1.29 is 14.3 Å². The van der Waals surface area contributed by atoms with E-state index < -0.39 is 0 Å². The van der Waals surface area contributed by atoms with Crippen molar-refractivity contribution in [2.45, 2.75) is 20.3 Å². The summed E-state index contributed by atoms with van der Waals surface area (Å²) in [5, 5.41) is 0. The molecule has 0 aliphatic rings. The van der Waals surface area contributed by atoms with Gasteiger partial charge in [0.1, 0.15) is 11.5 Å². The third-order valence-corrected chi connectivity index (χ3v) is 3.01. The van der Waals surface area contributed by atoms with Crippen molar-refractivity contribution >= 4 is 5.78 Å². The van der Waals surface area contributed by atoms with Gasteiger partial charge < -0.3 is 9.47 Å². The highest BCUT2D eigenvalue weighted by Crippen LogP contribution is 2.18. The molecule has 110 valence electrons. The van der Waals surface area contributed by atoms with E-state index in [9.17, 15) is 4.79 Å². The van der Waals surface area contributed by atoms with E-state index in [0.29, 0.717) is 17.9 Å². The van der Waals surface area contributed by atoms with Gasteiger partial charge in [-0.15, -0.1) is 0 Å². The minimum atomic E-state index is -0.0231. The maximum atomic E-state index is 12.0. The normalized spacial score (nSPS) is 10.2. The van der Waals surface area contributed by atoms with Crippen LogP contribution in [-0.2, 0) is 0 Å². The minimum Gasteiger partial charge on any atom is -0.494 e. The highest BCUT2D eigenvalue weighted by atomic mass is 16.5. The van der Waals surface area contributed by atoms with Crippen molar-refractivity contribution in [3.05, 3.63) is 59.7 Å². The topological polar surface area (TPSA) is 35.5 Å². The highest BCUT2D eigenvalue weighted by Gasteiger charge is 2.07. The molecular weight excluding hydrogens is 264 g/mol. The van der Waals surface area contributed by atoms with Crippen LogP contribution < -0.4 is 9.47 Å². The molecule has 0 N–H and O–H groups in total. The summed E-state index contributed by atoms with van der Waals surface area (Å²) in [6.07, 6.45) is 0.975. The van der Waals surface area contributed by atoms with Crippen LogP contribution >= 0.6 is 0 Å². The molecule has 21 heavy (non-hydrogen) atoms. The molecule has 0 radical (unpaired) electrons. The second kappa shape index (κ2) is 7.48. The standard InChI is InChI=1S/C18H20O3/c1-3-11-20-16-7-9-17(10-8-16)21-13-18(19)15-6-4-5-14(2)12-15/h4-10,12H,3,11,13H2,1-2H3. The number of Topliss-reactive ketones (excluding diaryl/α,β-unsaturated/α-hetero) is 1. The van der Waals surface area contributed by atoms with Crippen molar-refractivity contribution in [2.75, 3.05) is 13.2 Å². The largest absolute Gasteiger partial charge is 0.494 e. The molecule has 2 aromatic rings. The molecule has 2 rings (SSSR count). The molecule has 2 aromatic carbocycles. The van der Waals surface area contributed by atoms with Crippen molar-refractivity contribution in [3.63, 3.8) is 0 Å². The van der Waals surface area contributed by atoms with E-state index in [4.69, 9.17) is 9.47 Å². The lowest BCUT2D eigenvalue weighted by molar-refractivity contribution is 0.0921. The van der Waals surface area contributed by atoms with Gasteiger partial charge in [-0.25, -0.2) is 0 Å². The number of rotatable bonds is 7. The van der Waals surface area contributed by atoms with Crippen LogP contribution in [-0.4, -0.2) is 19.0 Å². The first-order valence-corrected chi connectivity index (χ1v) is 7.14. The smallest absolute Gasteiger partial charge is 0.200 e. The lowest BCUT2D eigenvalue weighted by Gasteiger charge is -2.08. The Balaban J connectivity index is 1.89. The van der Waals surface area contributed by atoms with E-state index in [2.05, 4.69) is 6.92 Å². The molecule has 3 heteroatoms. The molecule has 0 amide bonds. The Morgan fingerprint density at radius 1 is 1.00 bits per heavy atom. The third-order valence-electron chi connectivity index (χ3n) is 3.01. The van der Waals surface area contributed by atoms with E-state index in [1.54, 1.807) is 6.07 Å². The van der Waals surface area contributed by atoms with Crippen molar-refractivity contribution in [2.24, 2.45) is 0 Å². The van der Waals surface area contributed by atoms with Gasteiger partial charge in [0.2, 0.25) is 0 Å². The molecule has 0 saturated heterocycles. The first-order chi connectivity index (χ1) is 10.2. The SMILES string of the molecule is CCCOc1ccc(OCC(=O)c2cccc(C)c2)cc1. The number of carbonyl (C=O) groups excluding carboxylic acids is 1. The maximum Gasteiger partial charge on any atom is 0.200 e. The lowest BCUT2D eigenvalue weighted by Crippen LogP contribution is -2.11. The Kier molecular flexibility index (Phi) is 5.38. The minimum absolute atomic E-state index is 0.0231. The summed E-state index contributed by atoms with van der Waals surface area (Å²) in [5.41, 5.74) is 1.75. The number of ether oxygens (including phenoxy) is 2. The van der Waals surface area contributed by atoms with Gasteiger partial charge in [-0.2, -0.15) is 0 Å². The maximum absolute atomic E-state index is 12.0. The number of hydrogen-bond acceptors (Lipinski definition) is 3.